The molecule has 2 aliphatic rings. The maximum Gasteiger partial charge on any atom is 0.320 e. The Balaban J connectivity index is 1.75. The van der Waals surface area contributed by atoms with E-state index in [2.05, 4.69) is 5.10 Å². The molecule has 1 saturated heterocycles. The van der Waals surface area contributed by atoms with Crippen molar-refractivity contribution in [3.05, 3.63) is 30.6 Å². The summed E-state index contributed by atoms with van der Waals surface area (Å²) in [6, 6.07) is 5.81. The molecular weight excluding hydrogens is 356 g/mol. The van der Waals surface area contributed by atoms with Crippen molar-refractivity contribution in [1.82, 2.24) is 9.78 Å². The largest absolute Gasteiger partial charge is 0.377 e. The van der Waals surface area contributed by atoms with Gasteiger partial charge in [0.05, 0.1) is 42.9 Å². The van der Waals surface area contributed by atoms with E-state index in [1.165, 1.54) is 11.8 Å². The second-order valence-corrected chi connectivity index (χ2v) is 7.03. The van der Waals surface area contributed by atoms with Crippen LogP contribution in [0.25, 0.3) is 11.1 Å². The molecule has 1 aromatic carbocycles. The van der Waals surface area contributed by atoms with Gasteiger partial charge in [-0.25, -0.2) is 0 Å². The number of carbonyl (C=O) groups is 2. The molecule has 3 heterocycles. The topological polar surface area (TPSA) is 67.7 Å². The minimum Gasteiger partial charge on any atom is -0.377 e. The maximum atomic E-state index is 12.1. The van der Waals surface area contributed by atoms with E-state index in [1.807, 2.05) is 36.0 Å². The summed E-state index contributed by atoms with van der Waals surface area (Å²) in [4.78, 5) is 27.2. The van der Waals surface area contributed by atoms with Crippen molar-refractivity contribution in [3.8, 4) is 11.1 Å². The van der Waals surface area contributed by atoms with E-state index >= 15 is 0 Å². The summed E-state index contributed by atoms with van der Waals surface area (Å²) in [5.74, 6) is -0.0639. The smallest absolute Gasteiger partial charge is 0.320 e. The van der Waals surface area contributed by atoms with Crippen LogP contribution < -0.4 is 9.80 Å². The van der Waals surface area contributed by atoms with Crippen molar-refractivity contribution < 1.29 is 14.3 Å². The molecule has 1 aromatic heterocycles. The molecule has 2 amide bonds. The fourth-order valence-electron chi connectivity index (χ4n) is 3.51. The Morgan fingerprint density at radius 3 is 2.62 bits per heavy atom. The van der Waals surface area contributed by atoms with E-state index < -0.39 is 5.37 Å². The first-order valence-corrected chi connectivity index (χ1v) is 8.86. The Morgan fingerprint density at radius 2 is 2.00 bits per heavy atom. The lowest BCUT2D eigenvalue weighted by molar-refractivity contribution is -0.117. The fraction of sp³-hybridized carbons (Fsp3) is 0.389. The first kappa shape index (κ1) is 17.1. The quantitative estimate of drug-likeness (QED) is 0.598. The number of hydrogen-bond acceptors (Lipinski definition) is 4. The molecule has 1 fully saturated rings. The molecular formula is C18H19ClN4O3. The lowest BCUT2D eigenvalue weighted by Crippen LogP contribution is -2.50. The van der Waals surface area contributed by atoms with Crippen LogP contribution >= 0.6 is 11.6 Å². The summed E-state index contributed by atoms with van der Waals surface area (Å²) >= 11 is 5.80. The average molecular weight is 375 g/mol. The van der Waals surface area contributed by atoms with Gasteiger partial charge in [-0.3, -0.25) is 19.2 Å². The van der Waals surface area contributed by atoms with Crippen LogP contribution in [0, 0.1) is 0 Å². The van der Waals surface area contributed by atoms with Crippen LogP contribution in [-0.2, 0) is 9.53 Å². The minimum absolute atomic E-state index is 0.0639. The molecule has 8 heteroatoms. The molecule has 136 valence electrons. The van der Waals surface area contributed by atoms with Crippen LogP contribution in [0.4, 0.5) is 16.2 Å². The first-order valence-electron chi connectivity index (χ1n) is 8.49. The molecule has 2 aromatic rings. The number of fused-ring (bicyclic) bond motifs is 1. The predicted octanol–water partition coefficient (Wildman–Crippen LogP) is 3.04. The number of hydrogen-bond donors (Lipinski definition) is 0. The van der Waals surface area contributed by atoms with Crippen LogP contribution in [-0.4, -0.2) is 46.9 Å². The lowest BCUT2D eigenvalue weighted by atomic mass is 10.0. The van der Waals surface area contributed by atoms with E-state index in [1.54, 1.807) is 11.1 Å². The SMILES string of the molecule is CC(=O)N1c2ccc(-c3cnn(C4COC4)c3)cc2N(C(=O)Cl)CC1C. The zero-order chi connectivity index (χ0) is 18.4. The third-order valence-corrected chi connectivity index (χ3v) is 5.10. The van der Waals surface area contributed by atoms with E-state index in [0.29, 0.717) is 31.1 Å². The molecule has 7 nitrogen and oxygen atoms in total. The molecule has 26 heavy (non-hydrogen) atoms. The molecule has 4 rings (SSSR count). The summed E-state index contributed by atoms with van der Waals surface area (Å²) in [7, 11) is 0. The van der Waals surface area contributed by atoms with Crippen molar-refractivity contribution >= 4 is 34.2 Å². The van der Waals surface area contributed by atoms with Crippen LogP contribution in [0.3, 0.4) is 0 Å². The normalized spacial score (nSPS) is 19.9. The second-order valence-electron chi connectivity index (χ2n) is 6.71. The highest BCUT2D eigenvalue weighted by atomic mass is 35.5. The van der Waals surface area contributed by atoms with E-state index in [9.17, 15) is 9.59 Å². The van der Waals surface area contributed by atoms with E-state index in [0.717, 1.165) is 11.1 Å². The van der Waals surface area contributed by atoms with Gasteiger partial charge >= 0.3 is 5.37 Å². The van der Waals surface area contributed by atoms with Crippen molar-refractivity contribution in [3.63, 3.8) is 0 Å². The maximum absolute atomic E-state index is 12.1. The van der Waals surface area contributed by atoms with Gasteiger partial charge in [-0.05, 0) is 36.2 Å². The van der Waals surface area contributed by atoms with Crippen molar-refractivity contribution in [2.24, 2.45) is 0 Å². The number of benzene rings is 1. The highest BCUT2D eigenvalue weighted by Crippen LogP contribution is 2.39. The van der Waals surface area contributed by atoms with Gasteiger partial charge in [-0.2, -0.15) is 5.10 Å². The molecule has 1 atom stereocenters. The summed E-state index contributed by atoms with van der Waals surface area (Å²) in [5.41, 5.74) is 3.18. The molecule has 2 aliphatic heterocycles. The Morgan fingerprint density at radius 1 is 1.23 bits per heavy atom. The first-order chi connectivity index (χ1) is 12.5. The minimum atomic E-state index is -0.555. The van der Waals surface area contributed by atoms with Crippen molar-refractivity contribution in [2.75, 3.05) is 29.6 Å². The number of aromatic nitrogens is 2. The van der Waals surface area contributed by atoms with Crippen molar-refractivity contribution in [1.29, 1.82) is 0 Å². The summed E-state index contributed by atoms with van der Waals surface area (Å²) in [6.45, 7) is 5.13. The van der Waals surface area contributed by atoms with Gasteiger partial charge in [-0.15, -0.1) is 0 Å². The van der Waals surface area contributed by atoms with Gasteiger partial charge < -0.3 is 9.64 Å². The van der Waals surface area contributed by atoms with Gasteiger partial charge in [0.1, 0.15) is 0 Å². The number of halogens is 1. The Hall–Kier alpha value is -2.38. The second kappa shape index (κ2) is 6.41. The zero-order valence-corrected chi connectivity index (χ0v) is 15.3. The highest BCUT2D eigenvalue weighted by Gasteiger charge is 2.33. The molecule has 0 radical (unpaired) electrons. The standard InChI is InChI=1S/C18H19ClN4O3/c1-11-7-21(18(19)25)17-5-13(3-4-16(17)23(11)12(2)24)14-6-20-22(8-14)15-9-26-10-15/h3-6,8,11,15H,7,9-10H2,1-2H3. The number of ether oxygens (including phenoxy) is 1. The number of amides is 2. The third kappa shape index (κ3) is 2.77. The monoisotopic (exact) mass is 374 g/mol. The number of rotatable bonds is 2. The number of carbonyl (C=O) groups excluding carboxylic acids is 2. The zero-order valence-electron chi connectivity index (χ0n) is 14.6. The Kier molecular flexibility index (Phi) is 4.20. The summed E-state index contributed by atoms with van der Waals surface area (Å²) in [6.07, 6.45) is 3.76. The Labute approximate surface area is 156 Å². The predicted molar refractivity (Wildman–Crippen MR) is 98.7 cm³/mol. The van der Waals surface area contributed by atoms with Gasteiger partial charge in [0.15, 0.2) is 0 Å². The number of anilines is 2. The van der Waals surface area contributed by atoms with Crippen LogP contribution in [0.15, 0.2) is 30.6 Å². The molecule has 0 aliphatic carbocycles. The van der Waals surface area contributed by atoms with E-state index in [-0.39, 0.29) is 18.0 Å². The van der Waals surface area contributed by atoms with Gasteiger partial charge in [-0.1, -0.05) is 6.07 Å². The molecule has 1 unspecified atom stereocenters. The summed E-state index contributed by atoms with van der Waals surface area (Å²) in [5, 5.41) is 3.85. The molecule has 0 bridgehead atoms. The molecule has 0 N–H and O–H groups in total. The van der Waals surface area contributed by atoms with Crippen molar-refractivity contribution in [2.45, 2.75) is 25.9 Å². The van der Waals surface area contributed by atoms with Crippen LogP contribution in [0.2, 0.25) is 0 Å². The highest BCUT2D eigenvalue weighted by molar-refractivity contribution is 6.66. The van der Waals surface area contributed by atoms with E-state index in [4.69, 9.17) is 16.3 Å². The number of nitrogens with zero attached hydrogens (tertiary/aromatic N) is 4. The van der Waals surface area contributed by atoms with Gasteiger partial charge in [0.2, 0.25) is 5.91 Å². The molecule has 0 spiro atoms. The fourth-order valence-corrected chi connectivity index (χ4v) is 3.67. The average Bonchev–Trinajstić information content (AvgIpc) is 3.00. The Bertz CT molecular complexity index is 877. The van der Waals surface area contributed by atoms with Gasteiger partial charge in [0.25, 0.3) is 0 Å². The third-order valence-electron chi connectivity index (χ3n) is 4.89. The molecule has 0 saturated carbocycles. The summed E-state index contributed by atoms with van der Waals surface area (Å²) < 4.78 is 7.10. The van der Waals surface area contributed by atoms with Crippen LogP contribution in [0.1, 0.15) is 19.9 Å². The lowest BCUT2D eigenvalue weighted by Gasteiger charge is -2.40. The van der Waals surface area contributed by atoms with Gasteiger partial charge in [0, 0.05) is 25.2 Å². The van der Waals surface area contributed by atoms with Crippen LogP contribution in [0.5, 0.6) is 0 Å².